The van der Waals surface area contributed by atoms with Gasteiger partial charge in [-0.15, -0.1) is 12.3 Å². The first kappa shape index (κ1) is 8.95. The highest BCUT2D eigenvalue weighted by Gasteiger charge is 2.27. The van der Waals surface area contributed by atoms with Gasteiger partial charge in [0, 0.05) is 25.6 Å². The van der Waals surface area contributed by atoms with Gasteiger partial charge in [0.15, 0.2) is 0 Å². The molecule has 0 aromatic carbocycles. The van der Waals surface area contributed by atoms with Crippen molar-refractivity contribution in [1.29, 1.82) is 0 Å². The average molecular weight is 164 g/mol. The van der Waals surface area contributed by atoms with Crippen LogP contribution in [0.1, 0.15) is 19.3 Å². The average Bonchev–Trinajstić information content (AvgIpc) is 2.51. The molecule has 0 aliphatic carbocycles. The van der Waals surface area contributed by atoms with E-state index < -0.39 is 0 Å². The van der Waals surface area contributed by atoms with Gasteiger partial charge in [-0.3, -0.25) is 0 Å². The van der Waals surface area contributed by atoms with Gasteiger partial charge < -0.3 is 5.11 Å². The molecule has 3 heteroatoms. The number of aliphatic hydroxyl groups is 1. The van der Waals surface area contributed by atoms with Crippen LogP contribution in [0, 0.1) is 12.3 Å². The number of nitrogens with zero attached hydrogens (tertiary/aromatic N) is 2. The first-order chi connectivity index (χ1) is 5.83. The maximum atomic E-state index is 8.80. The summed E-state index contributed by atoms with van der Waals surface area (Å²) in [7, 11) is 0. The Hall–Kier alpha value is -1.14. The van der Waals surface area contributed by atoms with E-state index in [9.17, 15) is 0 Å². The largest absolute Gasteiger partial charge is 0.396 e. The molecule has 1 heterocycles. The molecule has 0 radical (unpaired) electrons. The minimum Gasteiger partial charge on any atom is -0.396 e. The minimum atomic E-state index is -0.318. The van der Waals surface area contributed by atoms with E-state index in [-0.39, 0.29) is 12.1 Å². The van der Waals surface area contributed by atoms with E-state index in [1.165, 1.54) is 0 Å². The molecule has 1 rings (SSSR count). The van der Waals surface area contributed by atoms with Crippen molar-refractivity contribution in [3.8, 4) is 12.3 Å². The van der Waals surface area contributed by atoms with E-state index in [0.717, 1.165) is 6.42 Å². The molecule has 3 nitrogen and oxygen atoms in total. The Bertz CT molecular complexity index is 225. The number of azo groups is 1. The lowest BCUT2D eigenvalue weighted by Gasteiger charge is -2.19. The Morgan fingerprint density at radius 3 is 2.83 bits per heavy atom. The predicted octanol–water partition coefficient (Wildman–Crippen LogP) is 1.50. The smallest absolute Gasteiger partial charge is 0.105 e. The van der Waals surface area contributed by atoms with Crippen LogP contribution in [0.2, 0.25) is 0 Å². The molecule has 12 heavy (non-hydrogen) atoms. The number of hydrogen-bond acceptors (Lipinski definition) is 3. The van der Waals surface area contributed by atoms with Crippen LogP contribution in [-0.2, 0) is 0 Å². The molecule has 1 aliphatic heterocycles. The van der Waals surface area contributed by atoms with Crippen molar-refractivity contribution in [2.75, 3.05) is 6.61 Å². The van der Waals surface area contributed by atoms with Crippen molar-refractivity contribution in [3.63, 3.8) is 0 Å². The molecule has 0 saturated heterocycles. The zero-order chi connectivity index (χ0) is 8.86. The second-order valence-corrected chi connectivity index (χ2v) is 2.81. The molecule has 0 aromatic heterocycles. The zero-order valence-corrected chi connectivity index (χ0v) is 6.90. The van der Waals surface area contributed by atoms with E-state index in [0.29, 0.717) is 12.8 Å². The zero-order valence-electron chi connectivity index (χ0n) is 6.90. The fourth-order valence-electron chi connectivity index (χ4n) is 1.23. The normalized spacial score (nSPS) is 26.0. The molecule has 1 aliphatic rings. The summed E-state index contributed by atoms with van der Waals surface area (Å²) in [5, 5.41) is 16.6. The Kier molecular flexibility index (Phi) is 3.01. The molecular formula is C9H12N2O. The quantitative estimate of drug-likeness (QED) is 0.629. The lowest BCUT2D eigenvalue weighted by Crippen LogP contribution is -2.22. The summed E-state index contributed by atoms with van der Waals surface area (Å²) >= 11 is 0. The molecule has 64 valence electrons. The molecule has 0 spiro atoms. The van der Waals surface area contributed by atoms with Crippen LogP contribution in [0.4, 0.5) is 0 Å². The van der Waals surface area contributed by atoms with Crippen molar-refractivity contribution < 1.29 is 5.11 Å². The van der Waals surface area contributed by atoms with Crippen LogP contribution in [0.5, 0.6) is 0 Å². The Labute approximate surface area is 72.2 Å². The Morgan fingerprint density at radius 1 is 1.50 bits per heavy atom. The number of terminal acetylenes is 1. The van der Waals surface area contributed by atoms with Crippen molar-refractivity contribution >= 4 is 0 Å². The van der Waals surface area contributed by atoms with Crippen LogP contribution in [0.25, 0.3) is 0 Å². The maximum Gasteiger partial charge on any atom is 0.105 e. The summed E-state index contributed by atoms with van der Waals surface area (Å²) in [6.45, 7) is 0.119. The highest BCUT2D eigenvalue weighted by atomic mass is 16.3. The standard InChI is InChI=1S/C9H12N2O/c1-2-3-4-9(6-8-12)5-7-10-11-9/h1,5,7,12H,3-4,6,8H2. The monoisotopic (exact) mass is 164 g/mol. The van der Waals surface area contributed by atoms with Gasteiger partial charge in [0.25, 0.3) is 0 Å². The molecule has 1 unspecified atom stereocenters. The third kappa shape index (κ3) is 1.93. The molecule has 1 N–H and O–H groups in total. The minimum absolute atomic E-state index is 0.119. The van der Waals surface area contributed by atoms with Gasteiger partial charge in [0.1, 0.15) is 5.54 Å². The first-order valence-corrected chi connectivity index (χ1v) is 3.97. The van der Waals surface area contributed by atoms with Gasteiger partial charge in [-0.05, 0) is 12.5 Å². The summed E-state index contributed by atoms with van der Waals surface area (Å²) in [5.41, 5.74) is -0.318. The van der Waals surface area contributed by atoms with Crippen LogP contribution in [0.3, 0.4) is 0 Å². The number of hydrogen-bond donors (Lipinski definition) is 1. The summed E-state index contributed by atoms with van der Waals surface area (Å²) in [5.74, 6) is 2.56. The van der Waals surface area contributed by atoms with E-state index in [1.807, 2.05) is 6.08 Å². The topological polar surface area (TPSA) is 45.0 Å². The third-order valence-corrected chi connectivity index (χ3v) is 1.96. The first-order valence-electron chi connectivity index (χ1n) is 3.97. The van der Waals surface area contributed by atoms with Crippen molar-refractivity contribution in [3.05, 3.63) is 12.3 Å². The summed E-state index contributed by atoms with van der Waals surface area (Å²) in [6.07, 6.45) is 10.8. The van der Waals surface area contributed by atoms with E-state index in [1.54, 1.807) is 6.20 Å². The lowest BCUT2D eigenvalue weighted by molar-refractivity contribution is 0.253. The van der Waals surface area contributed by atoms with Gasteiger partial charge in [0.2, 0.25) is 0 Å². The molecule has 0 fully saturated rings. The van der Waals surface area contributed by atoms with E-state index in [2.05, 4.69) is 16.1 Å². The second-order valence-electron chi connectivity index (χ2n) is 2.81. The lowest BCUT2D eigenvalue weighted by atomic mass is 9.91. The van der Waals surface area contributed by atoms with Crippen LogP contribution in [-0.4, -0.2) is 17.3 Å². The SMILES string of the molecule is C#CCCC1(CCO)C=CN=N1. The number of aliphatic hydroxyl groups excluding tert-OH is 1. The molecule has 0 amide bonds. The molecule has 0 saturated carbocycles. The second kappa shape index (κ2) is 4.03. The van der Waals surface area contributed by atoms with Gasteiger partial charge >= 0.3 is 0 Å². The maximum absolute atomic E-state index is 8.80. The predicted molar refractivity (Wildman–Crippen MR) is 46.5 cm³/mol. The highest BCUT2D eigenvalue weighted by molar-refractivity contribution is 5.11. The van der Waals surface area contributed by atoms with Crippen LogP contribution < -0.4 is 0 Å². The van der Waals surface area contributed by atoms with Crippen LogP contribution >= 0.6 is 0 Å². The van der Waals surface area contributed by atoms with Crippen molar-refractivity contribution in [1.82, 2.24) is 0 Å². The summed E-state index contributed by atoms with van der Waals surface area (Å²) in [6, 6.07) is 0. The molecular weight excluding hydrogens is 152 g/mol. The van der Waals surface area contributed by atoms with E-state index >= 15 is 0 Å². The van der Waals surface area contributed by atoms with Gasteiger partial charge in [-0.25, -0.2) is 0 Å². The fraction of sp³-hybridized carbons (Fsp3) is 0.556. The third-order valence-electron chi connectivity index (χ3n) is 1.96. The van der Waals surface area contributed by atoms with Crippen molar-refractivity contribution in [2.24, 2.45) is 10.2 Å². The highest BCUT2D eigenvalue weighted by Crippen LogP contribution is 2.28. The van der Waals surface area contributed by atoms with E-state index in [4.69, 9.17) is 11.5 Å². The summed E-state index contributed by atoms with van der Waals surface area (Å²) in [4.78, 5) is 0. The van der Waals surface area contributed by atoms with Gasteiger partial charge in [-0.2, -0.15) is 10.2 Å². The van der Waals surface area contributed by atoms with Crippen LogP contribution in [0.15, 0.2) is 22.5 Å². The van der Waals surface area contributed by atoms with Gasteiger partial charge in [0.05, 0.1) is 0 Å². The number of rotatable bonds is 4. The fourth-order valence-corrected chi connectivity index (χ4v) is 1.23. The summed E-state index contributed by atoms with van der Waals surface area (Å²) < 4.78 is 0. The molecule has 0 aromatic rings. The molecule has 0 bridgehead atoms. The van der Waals surface area contributed by atoms with Gasteiger partial charge in [-0.1, -0.05) is 0 Å². The Balaban J connectivity index is 2.55. The van der Waals surface area contributed by atoms with Crippen molar-refractivity contribution in [2.45, 2.75) is 24.8 Å². The molecule has 1 atom stereocenters. The Morgan fingerprint density at radius 2 is 2.33 bits per heavy atom.